The summed E-state index contributed by atoms with van der Waals surface area (Å²) in [5.74, 6) is 0.129. The van der Waals surface area contributed by atoms with E-state index in [-0.39, 0.29) is 49.0 Å². The lowest BCUT2D eigenvalue weighted by atomic mass is 10.1. The van der Waals surface area contributed by atoms with Crippen LogP contribution in [0.3, 0.4) is 0 Å². The molecule has 214 valence electrons. The molecule has 0 aliphatic carbocycles. The number of rotatable bonds is 8. The number of nitrogens with zero attached hydrogens (tertiary/aromatic N) is 7. The highest BCUT2D eigenvalue weighted by atomic mass is 32.9. The van der Waals surface area contributed by atoms with Crippen molar-refractivity contribution in [2.75, 3.05) is 24.7 Å². The van der Waals surface area contributed by atoms with Crippen LogP contribution in [0, 0.1) is 0 Å². The number of aromatic nitrogens is 8. The molecule has 0 amide bonds. The average Bonchev–Trinajstić information content (AvgIpc) is 3.68. The molecule has 7 atom stereocenters. The van der Waals surface area contributed by atoms with E-state index in [1.807, 2.05) is 0 Å². The van der Waals surface area contributed by atoms with Crippen molar-refractivity contribution in [3.8, 4) is 0 Å². The molecule has 1 unspecified atom stereocenters. The number of hydrogen-bond donors (Lipinski definition) is 6. The number of H-pyrrole nitrogens is 1. The fourth-order valence-electron chi connectivity index (χ4n) is 4.81. The maximum Gasteiger partial charge on any atom is 0.280 e. The van der Waals surface area contributed by atoms with Crippen LogP contribution in [0.1, 0.15) is 30.9 Å². The molecule has 6 rings (SSSR count). The number of aliphatic hydroxyl groups is 2. The van der Waals surface area contributed by atoms with E-state index in [1.54, 1.807) is 6.20 Å². The van der Waals surface area contributed by atoms with Crippen LogP contribution < -0.4 is 17.0 Å². The Labute approximate surface area is 235 Å². The quantitative estimate of drug-likeness (QED) is 0.108. The Bertz CT molecular complexity index is 1670. The van der Waals surface area contributed by atoms with E-state index in [0.29, 0.717) is 11.3 Å². The van der Waals surface area contributed by atoms with Crippen molar-refractivity contribution in [1.29, 1.82) is 0 Å². The molecular weight excluding hydrogens is 587 g/mol. The molecule has 2 saturated heterocycles. The van der Waals surface area contributed by atoms with Gasteiger partial charge in [0, 0.05) is 12.8 Å². The number of ether oxygens (including phenoxy) is 2. The zero-order valence-electron chi connectivity index (χ0n) is 20.5. The third-order valence-corrected chi connectivity index (χ3v) is 8.87. The minimum atomic E-state index is -3.23. The van der Waals surface area contributed by atoms with Gasteiger partial charge in [-0.3, -0.25) is 14.3 Å². The van der Waals surface area contributed by atoms with E-state index >= 15 is 0 Å². The summed E-state index contributed by atoms with van der Waals surface area (Å²) in [6, 6.07) is 0. The van der Waals surface area contributed by atoms with Gasteiger partial charge in [0.05, 0.1) is 43.6 Å². The molecule has 2 aliphatic heterocycles. The highest BCUT2D eigenvalue weighted by Gasteiger charge is 2.42. The monoisotopic (exact) mass is 612 g/mol. The van der Waals surface area contributed by atoms with Gasteiger partial charge in [0.25, 0.3) is 5.56 Å². The molecule has 2 aliphatic rings. The number of nitrogens with one attached hydrogen (secondary N) is 1. The van der Waals surface area contributed by atoms with Crippen LogP contribution in [0.2, 0.25) is 0 Å². The number of nitrogen functional groups attached to an aromatic ring is 2. The first-order valence-corrected chi connectivity index (χ1v) is 15.8. The fourth-order valence-corrected chi connectivity index (χ4v) is 6.82. The lowest BCUT2D eigenvalue weighted by Gasteiger charge is -2.26. The van der Waals surface area contributed by atoms with Crippen LogP contribution >= 0.6 is 17.9 Å². The normalized spacial score (nSPS) is 28.5. The van der Waals surface area contributed by atoms with Gasteiger partial charge in [0.1, 0.15) is 24.6 Å². The summed E-state index contributed by atoms with van der Waals surface area (Å²) in [5.41, 5.74) is 9.07. The summed E-state index contributed by atoms with van der Waals surface area (Å²) in [7, 11) is 0. The predicted octanol–water partition coefficient (Wildman–Crippen LogP) is -0.551. The second kappa shape index (κ2) is 10.6. The second-order valence-electron chi connectivity index (χ2n) is 9.28. The number of aromatic amines is 1. The van der Waals surface area contributed by atoms with Gasteiger partial charge >= 0.3 is 0 Å². The van der Waals surface area contributed by atoms with Gasteiger partial charge in [-0.25, -0.2) is 19.5 Å². The molecule has 17 nitrogen and oxygen atoms in total. The largest absolute Gasteiger partial charge is 0.394 e. The molecule has 2 fully saturated rings. The first kappa shape index (κ1) is 27.4. The average molecular weight is 613 g/mol. The van der Waals surface area contributed by atoms with Crippen molar-refractivity contribution in [2.45, 2.75) is 49.6 Å². The second-order valence-corrected chi connectivity index (χ2v) is 14.5. The molecule has 0 bridgehead atoms. The van der Waals surface area contributed by atoms with Crippen molar-refractivity contribution in [3.63, 3.8) is 0 Å². The Balaban J connectivity index is 1.15. The highest BCUT2D eigenvalue weighted by molar-refractivity contribution is 8.60. The molecule has 4 aromatic heterocycles. The molecule has 0 radical (unpaired) electrons. The van der Waals surface area contributed by atoms with Gasteiger partial charge in [0.15, 0.2) is 28.9 Å². The van der Waals surface area contributed by atoms with Gasteiger partial charge in [-0.2, -0.15) is 10.1 Å². The number of imidazole rings is 2. The Hall–Kier alpha value is -2.74. The smallest absolute Gasteiger partial charge is 0.280 e. The summed E-state index contributed by atoms with van der Waals surface area (Å²) >= 11 is 10.0. The number of aliphatic hydroxyl groups excluding tert-OH is 2. The van der Waals surface area contributed by atoms with Crippen molar-refractivity contribution in [2.24, 2.45) is 0 Å². The predicted molar refractivity (Wildman–Crippen MR) is 146 cm³/mol. The van der Waals surface area contributed by atoms with Crippen LogP contribution in [-0.2, 0) is 30.3 Å². The third kappa shape index (κ3) is 5.08. The van der Waals surface area contributed by atoms with Gasteiger partial charge < -0.3 is 40.2 Å². The van der Waals surface area contributed by atoms with Crippen molar-refractivity contribution < 1.29 is 28.7 Å². The highest BCUT2D eigenvalue weighted by Crippen LogP contribution is 2.57. The lowest BCUT2D eigenvalue weighted by molar-refractivity contribution is -0.0459. The van der Waals surface area contributed by atoms with E-state index in [9.17, 15) is 15.0 Å². The number of anilines is 2. The van der Waals surface area contributed by atoms with E-state index < -0.39 is 48.0 Å². The third-order valence-electron chi connectivity index (χ3n) is 6.66. The number of hydrogen-bond acceptors (Lipinski definition) is 15. The molecule has 0 saturated carbocycles. The van der Waals surface area contributed by atoms with Gasteiger partial charge in [-0.15, -0.1) is 0 Å². The van der Waals surface area contributed by atoms with Gasteiger partial charge in [0.2, 0.25) is 11.6 Å². The minimum Gasteiger partial charge on any atom is -0.394 e. The zero-order chi connectivity index (χ0) is 28.2. The van der Waals surface area contributed by atoms with Crippen LogP contribution in [0.15, 0.2) is 23.6 Å². The molecular formula is C20H25N10O7PS2. The fraction of sp³-hybridized carbons (Fsp3) is 0.500. The number of fused-ring (bicyclic) bond motifs is 2. The zero-order valence-corrected chi connectivity index (χ0v) is 23.2. The molecule has 20 heteroatoms. The van der Waals surface area contributed by atoms with E-state index in [4.69, 9.17) is 41.8 Å². The Morgan fingerprint density at radius 3 is 2.88 bits per heavy atom. The van der Waals surface area contributed by atoms with Crippen LogP contribution in [0.4, 0.5) is 11.8 Å². The minimum absolute atomic E-state index is 0.0626. The van der Waals surface area contributed by atoms with Crippen LogP contribution in [0.25, 0.3) is 16.8 Å². The Morgan fingerprint density at radius 1 is 1.25 bits per heavy atom. The van der Waals surface area contributed by atoms with Crippen LogP contribution in [0.5, 0.6) is 0 Å². The Morgan fingerprint density at radius 2 is 2.08 bits per heavy atom. The first-order chi connectivity index (χ1) is 19.1. The van der Waals surface area contributed by atoms with Crippen molar-refractivity contribution >= 4 is 58.3 Å². The first-order valence-electron chi connectivity index (χ1n) is 12.1. The van der Waals surface area contributed by atoms with E-state index in [1.165, 1.54) is 21.7 Å². The molecule has 40 heavy (non-hydrogen) atoms. The SMILES string of the molecule is Nc1nc2c(ncn2[C@@H]2O[C@H](CO)C[C@H]2OP(=S)(S)OC[C@H]2O[C@@H](c3cnc4c(N)ncnn34)C[C@@H]2O)c(=O)[nH]1. The van der Waals surface area contributed by atoms with Crippen molar-refractivity contribution in [1.82, 2.24) is 39.1 Å². The van der Waals surface area contributed by atoms with Crippen molar-refractivity contribution in [3.05, 3.63) is 34.9 Å². The van der Waals surface area contributed by atoms with Crippen LogP contribution in [-0.4, -0.2) is 86.9 Å². The van der Waals surface area contributed by atoms with E-state index in [2.05, 4.69) is 42.3 Å². The molecule has 7 N–H and O–H groups in total. The topological polar surface area (TPSA) is 236 Å². The maximum atomic E-state index is 12.2. The summed E-state index contributed by atoms with van der Waals surface area (Å²) in [4.78, 5) is 31.0. The molecule has 0 spiro atoms. The molecule has 4 aromatic rings. The van der Waals surface area contributed by atoms with E-state index in [0.717, 1.165) is 0 Å². The summed E-state index contributed by atoms with van der Waals surface area (Å²) in [5, 5.41) is 24.6. The number of nitrogens with two attached hydrogens (primary N) is 2. The Kier molecular flexibility index (Phi) is 7.26. The van der Waals surface area contributed by atoms with Gasteiger partial charge in [-0.05, 0) is 11.8 Å². The summed E-state index contributed by atoms with van der Waals surface area (Å²) in [6.45, 7) is -0.381. The number of thiol groups is 1. The lowest BCUT2D eigenvalue weighted by Crippen LogP contribution is -2.26. The molecule has 0 aromatic carbocycles. The maximum absolute atomic E-state index is 12.2. The standard InChI is InChI=1S/C20H25N10O7PS2/c21-15-17-23-3-9(30(17)26-6-24-15)11-2-10(32)13(36-11)5-34-38(39,40)37-12-1-8(4-31)35-19(12)29-7-25-14-16(29)27-20(22)28-18(14)33/h3,6-8,10-13,19,31-32H,1-2,4-5H2,(H,39,40)(H2,21,24,26)(H3,22,27,28,33)/t8-,10-,11+,12+,13+,19+/m0/s1. The van der Waals surface area contributed by atoms with Gasteiger partial charge in [-0.1, -0.05) is 12.2 Å². The summed E-state index contributed by atoms with van der Waals surface area (Å²) < 4.78 is 26.9. The molecule has 6 heterocycles. The summed E-state index contributed by atoms with van der Waals surface area (Å²) in [6.07, 6.45) is 0.483.